The summed E-state index contributed by atoms with van der Waals surface area (Å²) >= 11 is 1.38. The van der Waals surface area contributed by atoms with Gasteiger partial charge in [-0.2, -0.15) is 5.10 Å². The highest BCUT2D eigenvalue weighted by molar-refractivity contribution is 7.98. The molecule has 0 bridgehead atoms. The number of benzene rings is 1. The van der Waals surface area contributed by atoms with Gasteiger partial charge in [-0.1, -0.05) is 11.8 Å². The van der Waals surface area contributed by atoms with E-state index >= 15 is 0 Å². The Hall–Kier alpha value is -2.30. The monoisotopic (exact) mass is 379 g/mol. The van der Waals surface area contributed by atoms with Crippen molar-refractivity contribution < 1.29 is 12.8 Å². The van der Waals surface area contributed by atoms with Crippen LogP contribution in [0.3, 0.4) is 0 Å². The van der Waals surface area contributed by atoms with E-state index < -0.39 is 10.0 Å². The van der Waals surface area contributed by atoms with Gasteiger partial charge in [0.1, 0.15) is 10.7 Å². The second-order valence-corrected chi connectivity index (χ2v) is 7.50. The van der Waals surface area contributed by atoms with Crippen molar-refractivity contribution in [1.29, 1.82) is 0 Å². The van der Waals surface area contributed by atoms with Crippen molar-refractivity contribution in [2.24, 2.45) is 0 Å². The van der Waals surface area contributed by atoms with Crippen LogP contribution in [0.15, 0.2) is 59.0 Å². The van der Waals surface area contributed by atoms with Gasteiger partial charge in [0, 0.05) is 6.20 Å². The lowest BCUT2D eigenvalue weighted by molar-refractivity contribution is 0.580. The number of thioether (sulfide) groups is 1. The molecule has 0 saturated heterocycles. The Morgan fingerprint density at radius 3 is 2.72 bits per heavy atom. The van der Waals surface area contributed by atoms with E-state index in [2.05, 4.69) is 19.8 Å². The summed E-state index contributed by atoms with van der Waals surface area (Å²) in [5.41, 5.74) is 1.12. The van der Waals surface area contributed by atoms with E-state index in [1.165, 1.54) is 53.1 Å². The lowest BCUT2D eigenvalue weighted by Crippen LogP contribution is -2.23. The normalized spacial score (nSPS) is 11.6. The SMILES string of the molecule is CSc1nccc(CNS(=O)(=O)c2cnn(-c3ccc(F)cc3)c2)n1. The van der Waals surface area contributed by atoms with Crippen molar-refractivity contribution in [3.8, 4) is 5.69 Å². The fourth-order valence-electron chi connectivity index (χ4n) is 2.01. The van der Waals surface area contributed by atoms with Crippen molar-refractivity contribution in [3.63, 3.8) is 0 Å². The average molecular weight is 379 g/mol. The van der Waals surface area contributed by atoms with Crippen LogP contribution in [0.25, 0.3) is 5.69 Å². The maximum absolute atomic E-state index is 13.0. The summed E-state index contributed by atoms with van der Waals surface area (Å²) in [6, 6.07) is 7.22. The molecule has 0 saturated carbocycles. The van der Waals surface area contributed by atoms with Gasteiger partial charge >= 0.3 is 0 Å². The van der Waals surface area contributed by atoms with Crippen molar-refractivity contribution in [1.82, 2.24) is 24.5 Å². The van der Waals surface area contributed by atoms with Crippen LogP contribution in [-0.2, 0) is 16.6 Å². The highest BCUT2D eigenvalue weighted by Crippen LogP contribution is 2.14. The van der Waals surface area contributed by atoms with E-state index in [9.17, 15) is 12.8 Å². The number of nitrogens with zero attached hydrogens (tertiary/aromatic N) is 4. The molecule has 2 heterocycles. The number of sulfonamides is 1. The Labute approximate surface area is 148 Å². The minimum absolute atomic E-state index is 0.0102. The molecular formula is C15H14FN5O2S2. The molecule has 130 valence electrons. The van der Waals surface area contributed by atoms with Crippen molar-refractivity contribution in [3.05, 3.63) is 60.4 Å². The second-order valence-electron chi connectivity index (χ2n) is 4.96. The van der Waals surface area contributed by atoms with E-state index in [1.807, 2.05) is 6.26 Å². The molecule has 0 amide bonds. The van der Waals surface area contributed by atoms with E-state index in [4.69, 9.17) is 0 Å². The first-order chi connectivity index (χ1) is 12.0. The first-order valence-corrected chi connectivity index (χ1v) is 9.85. The third kappa shape index (κ3) is 4.21. The summed E-state index contributed by atoms with van der Waals surface area (Å²) in [6.07, 6.45) is 6.02. The number of halogens is 1. The van der Waals surface area contributed by atoms with Crippen molar-refractivity contribution in [2.75, 3.05) is 6.26 Å². The molecule has 2 aromatic heterocycles. The molecule has 0 aliphatic carbocycles. The zero-order valence-corrected chi connectivity index (χ0v) is 14.8. The Morgan fingerprint density at radius 2 is 2.00 bits per heavy atom. The summed E-state index contributed by atoms with van der Waals surface area (Å²) < 4.78 is 41.6. The third-order valence-electron chi connectivity index (χ3n) is 3.28. The van der Waals surface area contributed by atoms with Crippen LogP contribution < -0.4 is 4.72 Å². The zero-order valence-electron chi connectivity index (χ0n) is 13.1. The lowest BCUT2D eigenvalue weighted by atomic mass is 10.3. The summed E-state index contributed by atoms with van der Waals surface area (Å²) in [5, 5.41) is 4.58. The second kappa shape index (κ2) is 7.30. The Morgan fingerprint density at radius 1 is 1.24 bits per heavy atom. The van der Waals surface area contributed by atoms with Crippen LogP contribution in [0.4, 0.5) is 4.39 Å². The molecule has 0 spiro atoms. The Bertz CT molecular complexity index is 974. The third-order valence-corrected chi connectivity index (χ3v) is 5.20. The summed E-state index contributed by atoms with van der Waals surface area (Å²) in [7, 11) is -3.75. The fourth-order valence-corrected chi connectivity index (χ4v) is 3.31. The van der Waals surface area contributed by atoms with Crippen LogP contribution in [0.1, 0.15) is 5.69 Å². The highest BCUT2D eigenvalue weighted by Gasteiger charge is 2.17. The highest BCUT2D eigenvalue weighted by atomic mass is 32.2. The van der Waals surface area contributed by atoms with E-state index in [0.29, 0.717) is 16.5 Å². The molecule has 3 rings (SSSR count). The van der Waals surface area contributed by atoms with Gasteiger partial charge in [-0.3, -0.25) is 0 Å². The molecule has 10 heteroatoms. The molecule has 0 radical (unpaired) electrons. The van der Waals surface area contributed by atoms with Crippen LogP contribution in [0.5, 0.6) is 0 Å². The number of hydrogen-bond acceptors (Lipinski definition) is 6. The van der Waals surface area contributed by atoms with Crippen LogP contribution >= 0.6 is 11.8 Å². The smallest absolute Gasteiger partial charge is 0.240 e. The molecule has 25 heavy (non-hydrogen) atoms. The molecule has 3 aromatic rings. The molecular weight excluding hydrogens is 365 g/mol. The summed E-state index contributed by atoms with van der Waals surface area (Å²) in [6.45, 7) is 0.0418. The number of aromatic nitrogens is 4. The van der Waals surface area contributed by atoms with Gasteiger partial charge in [0.25, 0.3) is 0 Å². The molecule has 0 fully saturated rings. The van der Waals surface area contributed by atoms with Crippen molar-refractivity contribution in [2.45, 2.75) is 16.6 Å². The van der Waals surface area contributed by atoms with Gasteiger partial charge in [-0.25, -0.2) is 32.2 Å². The molecule has 0 unspecified atom stereocenters. The topological polar surface area (TPSA) is 89.8 Å². The van der Waals surface area contributed by atoms with Gasteiger partial charge in [-0.15, -0.1) is 0 Å². The van der Waals surface area contributed by atoms with Gasteiger partial charge in [0.15, 0.2) is 5.16 Å². The van der Waals surface area contributed by atoms with Gasteiger partial charge in [-0.05, 0) is 36.6 Å². The largest absolute Gasteiger partial charge is 0.244 e. The zero-order chi connectivity index (χ0) is 17.9. The summed E-state index contributed by atoms with van der Waals surface area (Å²) in [4.78, 5) is 8.27. The average Bonchev–Trinajstić information content (AvgIpc) is 3.12. The molecule has 0 aliphatic rings. The first-order valence-electron chi connectivity index (χ1n) is 7.14. The lowest BCUT2D eigenvalue weighted by Gasteiger charge is -2.05. The van der Waals surface area contributed by atoms with Crippen LogP contribution in [0, 0.1) is 5.82 Å². The molecule has 0 aliphatic heterocycles. The van der Waals surface area contributed by atoms with Crippen LogP contribution in [-0.4, -0.2) is 34.4 Å². The minimum Gasteiger partial charge on any atom is -0.240 e. The number of hydrogen-bond donors (Lipinski definition) is 1. The maximum Gasteiger partial charge on any atom is 0.244 e. The maximum atomic E-state index is 13.0. The quantitative estimate of drug-likeness (QED) is 0.520. The Balaban J connectivity index is 1.75. The predicted molar refractivity (Wildman–Crippen MR) is 91.4 cm³/mol. The van der Waals surface area contributed by atoms with Crippen LogP contribution in [0.2, 0.25) is 0 Å². The molecule has 0 atom stereocenters. The fraction of sp³-hybridized carbons (Fsp3) is 0.133. The van der Waals surface area contributed by atoms with Gasteiger partial charge in [0.2, 0.25) is 10.0 Å². The molecule has 7 nitrogen and oxygen atoms in total. The Kier molecular flexibility index (Phi) is 5.11. The van der Waals surface area contributed by atoms with Gasteiger partial charge in [0.05, 0.1) is 30.3 Å². The van der Waals surface area contributed by atoms with Gasteiger partial charge < -0.3 is 0 Å². The van der Waals surface area contributed by atoms with E-state index in [1.54, 1.807) is 12.3 Å². The number of nitrogens with one attached hydrogen (secondary N) is 1. The van der Waals surface area contributed by atoms with Crippen molar-refractivity contribution >= 4 is 21.8 Å². The molecule has 1 N–H and O–H groups in total. The van der Waals surface area contributed by atoms with E-state index in [0.717, 1.165) is 0 Å². The molecule has 1 aromatic carbocycles. The first kappa shape index (κ1) is 17.5. The standard InChI is InChI=1S/C15H14FN5O2S2/c1-24-15-17-7-6-12(20-15)8-19-25(22,23)14-9-18-21(10-14)13-4-2-11(16)3-5-13/h2-7,9-10,19H,8H2,1H3. The minimum atomic E-state index is -3.75. The summed E-state index contributed by atoms with van der Waals surface area (Å²) in [5.74, 6) is -0.375. The predicted octanol–water partition coefficient (Wildman–Crippen LogP) is 2.00. The number of rotatable bonds is 6. The van der Waals surface area contributed by atoms with E-state index in [-0.39, 0.29) is 17.3 Å².